The minimum atomic E-state index is 0.166. The molecule has 106 valence electrons. The van der Waals surface area contributed by atoms with E-state index in [0.717, 1.165) is 39.1 Å². The lowest BCUT2D eigenvalue weighted by molar-refractivity contribution is 0.0195. The van der Waals surface area contributed by atoms with E-state index in [2.05, 4.69) is 12.2 Å². The Morgan fingerprint density at radius 1 is 1.00 bits per heavy atom. The van der Waals surface area contributed by atoms with Crippen molar-refractivity contribution in [2.45, 2.75) is 51.9 Å². The molecule has 3 nitrogen and oxygen atoms in total. The van der Waals surface area contributed by atoms with E-state index in [-0.39, 0.29) is 5.41 Å². The SMILES string of the molecule is CC1(CNCC2(CO)CCCCC2)CCOCC1. The Labute approximate surface area is 111 Å². The highest BCUT2D eigenvalue weighted by Crippen LogP contribution is 2.36. The molecule has 1 heterocycles. The first kappa shape index (κ1) is 14.3. The number of rotatable bonds is 5. The van der Waals surface area contributed by atoms with E-state index in [1.165, 1.54) is 32.1 Å². The molecule has 18 heavy (non-hydrogen) atoms. The molecule has 0 radical (unpaired) electrons. The third-order valence-electron chi connectivity index (χ3n) is 5.00. The van der Waals surface area contributed by atoms with Gasteiger partial charge in [-0.3, -0.25) is 0 Å². The van der Waals surface area contributed by atoms with Crippen molar-refractivity contribution in [2.75, 3.05) is 32.9 Å². The number of hydrogen-bond acceptors (Lipinski definition) is 3. The molecule has 1 saturated heterocycles. The van der Waals surface area contributed by atoms with Crippen LogP contribution >= 0.6 is 0 Å². The van der Waals surface area contributed by atoms with Gasteiger partial charge in [-0.25, -0.2) is 0 Å². The van der Waals surface area contributed by atoms with Crippen LogP contribution in [0.3, 0.4) is 0 Å². The van der Waals surface area contributed by atoms with Crippen LogP contribution in [0.5, 0.6) is 0 Å². The Bertz CT molecular complexity index is 243. The van der Waals surface area contributed by atoms with Crippen LogP contribution in [0.25, 0.3) is 0 Å². The number of nitrogens with one attached hydrogen (secondary N) is 1. The number of aliphatic hydroxyl groups excluding tert-OH is 1. The zero-order chi connectivity index (χ0) is 12.9. The van der Waals surface area contributed by atoms with Gasteiger partial charge >= 0.3 is 0 Å². The smallest absolute Gasteiger partial charge is 0.0499 e. The predicted octanol–water partition coefficient (Wildman–Crippen LogP) is 2.34. The topological polar surface area (TPSA) is 41.5 Å². The summed E-state index contributed by atoms with van der Waals surface area (Å²) in [6.07, 6.45) is 8.61. The monoisotopic (exact) mass is 255 g/mol. The molecule has 2 N–H and O–H groups in total. The molecule has 1 saturated carbocycles. The third-order valence-corrected chi connectivity index (χ3v) is 5.00. The first-order valence-electron chi connectivity index (χ1n) is 7.58. The summed E-state index contributed by atoms with van der Waals surface area (Å²) in [5.41, 5.74) is 0.559. The molecular formula is C15H29NO2. The second kappa shape index (κ2) is 6.36. The number of ether oxygens (including phenoxy) is 1. The number of hydrogen-bond donors (Lipinski definition) is 2. The van der Waals surface area contributed by atoms with Crippen LogP contribution in [-0.2, 0) is 4.74 Å². The van der Waals surface area contributed by atoms with E-state index in [9.17, 15) is 5.11 Å². The molecule has 3 heteroatoms. The van der Waals surface area contributed by atoms with E-state index in [4.69, 9.17) is 4.74 Å². The fraction of sp³-hybridized carbons (Fsp3) is 1.00. The summed E-state index contributed by atoms with van der Waals surface area (Å²) < 4.78 is 5.43. The fourth-order valence-corrected chi connectivity index (χ4v) is 3.36. The van der Waals surface area contributed by atoms with Gasteiger partial charge in [-0.2, -0.15) is 0 Å². The van der Waals surface area contributed by atoms with Gasteiger partial charge < -0.3 is 15.2 Å². The van der Waals surface area contributed by atoms with Crippen LogP contribution in [-0.4, -0.2) is 38.0 Å². The van der Waals surface area contributed by atoms with Crippen LogP contribution in [0, 0.1) is 10.8 Å². The highest BCUT2D eigenvalue weighted by molar-refractivity contribution is 4.86. The van der Waals surface area contributed by atoms with E-state index in [1.54, 1.807) is 0 Å². The predicted molar refractivity (Wildman–Crippen MR) is 73.6 cm³/mol. The van der Waals surface area contributed by atoms with Crippen molar-refractivity contribution in [1.29, 1.82) is 0 Å². The molecule has 0 aromatic heterocycles. The van der Waals surface area contributed by atoms with Gasteiger partial charge in [0.1, 0.15) is 0 Å². The van der Waals surface area contributed by atoms with Gasteiger partial charge in [0.25, 0.3) is 0 Å². The summed E-state index contributed by atoms with van der Waals surface area (Å²) in [6, 6.07) is 0. The van der Waals surface area contributed by atoms with E-state index in [0.29, 0.717) is 12.0 Å². The molecule has 0 atom stereocenters. The summed E-state index contributed by atoms with van der Waals surface area (Å²) >= 11 is 0. The maximum absolute atomic E-state index is 9.68. The molecule has 0 aromatic carbocycles. The maximum atomic E-state index is 9.68. The Hall–Kier alpha value is -0.120. The largest absolute Gasteiger partial charge is 0.396 e. The minimum absolute atomic E-state index is 0.166. The van der Waals surface area contributed by atoms with Gasteiger partial charge in [0.05, 0.1) is 0 Å². The van der Waals surface area contributed by atoms with Crippen LogP contribution in [0.1, 0.15) is 51.9 Å². The van der Waals surface area contributed by atoms with Crippen LogP contribution < -0.4 is 5.32 Å². The summed E-state index contributed by atoms with van der Waals surface area (Å²) in [6.45, 7) is 6.57. The molecular weight excluding hydrogens is 226 g/mol. The Kier molecular flexibility index (Phi) is 5.05. The van der Waals surface area contributed by atoms with Crippen molar-refractivity contribution in [3.8, 4) is 0 Å². The van der Waals surface area contributed by atoms with Gasteiger partial charge in [0, 0.05) is 38.3 Å². The summed E-state index contributed by atoms with van der Waals surface area (Å²) in [5.74, 6) is 0. The second-order valence-electron chi connectivity index (χ2n) is 6.75. The number of aliphatic hydroxyl groups is 1. The lowest BCUT2D eigenvalue weighted by atomic mass is 9.74. The lowest BCUT2D eigenvalue weighted by Gasteiger charge is -2.38. The van der Waals surface area contributed by atoms with E-state index >= 15 is 0 Å². The first-order valence-corrected chi connectivity index (χ1v) is 7.58. The van der Waals surface area contributed by atoms with Gasteiger partial charge in [0.2, 0.25) is 0 Å². The maximum Gasteiger partial charge on any atom is 0.0499 e. The van der Waals surface area contributed by atoms with Crippen molar-refractivity contribution < 1.29 is 9.84 Å². The molecule has 1 aliphatic heterocycles. The van der Waals surface area contributed by atoms with Gasteiger partial charge in [-0.05, 0) is 31.1 Å². The normalized spacial score (nSPS) is 27.0. The lowest BCUT2D eigenvalue weighted by Crippen LogP contribution is -2.44. The fourth-order valence-electron chi connectivity index (χ4n) is 3.36. The van der Waals surface area contributed by atoms with Crippen LogP contribution in [0.15, 0.2) is 0 Å². The molecule has 2 aliphatic rings. The molecule has 0 unspecified atom stereocenters. The Balaban J connectivity index is 1.75. The Morgan fingerprint density at radius 3 is 2.28 bits per heavy atom. The summed E-state index contributed by atoms with van der Waals surface area (Å²) in [5, 5.41) is 13.3. The second-order valence-corrected chi connectivity index (χ2v) is 6.75. The van der Waals surface area contributed by atoms with Crippen LogP contribution in [0.2, 0.25) is 0 Å². The van der Waals surface area contributed by atoms with E-state index in [1.807, 2.05) is 0 Å². The molecule has 2 fully saturated rings. The van der Waals surface area contributed by atoms with Crippen molar-refractivity contribution in [3.05, 3.63) is 0 Å². The molecule has 1 aliphatic carbocycles. The molecule has 0 bridgehead atoms. The minimum Gasteiger partial charge on any atom is -0.396 e. The summed E-state index contributed by atoms with van der Waals surface area (Å²) in [4.78, 5) is 0. The molecule has 0 aromatic rings. The average molecular weight is 255 g/mol. The van der Waals surface area contributed by atoms with Gasteiger partial charge in [0.15, 0.2) is 0 Å². The first-order chi connectivity index (χ1) is 8.68. The quantitative estimate of drug-likeness (QED) is 0.792. The summed E-state index contributed by atoms with van der Waals surface area (Å²) in [7, 11) is 0. The Morgan fingerprint density at radius 2 is 1.67 bits per heavy atom. The molecule has 2 rings (SSSR count). The highest BCUT2D eigenvalue weighted by Gasteiger charge is 2.32. The van der Waals surface area contributed by atoms with E-state index < -0.39 is 0 Å². The van der Waals surface area contributed by atoms with Crippen molar-refractivity contribution >= 4 is 0 Å². The average Bonchev–Trinajstić information content (AvgIpc) is 2.40. The third kappa shape index (κ3) is 3.69. The van der Waals surface area contributed by atoms with Crippen molar-refractivity contribution in [2.24, 2.45) is 10.8 Å². The van der Waals surface area contributed by atoms with Crippen molar-refractivity contribution in [1.82, 2.24) is 5.32 Å². The van der Waals surface area contributed by atoms with Crippen molar-refractivity contribution in [3.63, 3.8) is 0 Å². The molecule has 0 spiro atoms. The highest BCUT2D eigenvalue weighted by atomic mass is 16.5. The van der Waals surface area contributed by atoms with Crippen LogP contribution in [0.4, 0.5) is 0 Å². The standard InChI is InChI=1S/C15H29NO2/c1-14(7-9-18-10-8-14)11-16-12-15(13-17)5-3-2-4-6-15/h16-17H,2-13H2,1H3. The molecule has 0 amide bonds. The van der Waals surface area contributed by atoms with Gasteiger partial charge in [-0.1, -0.05) is 26.2 Å². The van der Waals surface area contributed by atoms with Gasteiger partial charge in [-0.15, -0.1) is 0 Å². The zero-order valence-corrected chi connectivity index (χ0v) is 11.8. The zero-order valence-electron chi connectivity index (χ0n) is 11.8.